The van der Waals surface area contributed by atoms with Crippen molar-refractivity contribution in [1.29, 1.82) is 0 Å². The third-order valence-corrected chi connectivity index (χ3v) is 3.90. The van der Waals surface area contributed by atoms with Gasteiger partial charge in [0.25, 0.3) is 0 Å². The SMILES string of the molecule is [2H]c1c([2H])c([2H])c2c(-c3ccc4cc(Br)ccc4c3)c([2H])c([2H])c([2H])c2c1[2H]. The molecule has 0 bridgehead atoms. The summed E-state index contributed by atoms with van der Waals surface area (Å²) in [7, 11) is 0. The second-order valence-corrected chi connectivity index (χ2v) is 5.62. The predicted octanol–water partition coefficient (Wildman–Crippen LogP) is 6.42. The van der Waals surface area contributed by atoms with Gasteiger partial charge in [-0.1, -0.05) is 76.4 Å². The Hall–Kier alpha value is -2.12. The lowest BCUT2D eigenvalue weighted by Gasteiger charge is -2.08. The van der Waals surface area contributed by atoms with Crippen LogP contribution in [0.1, 0.15) is 9.60 Å². The average Bonchev–Trinajstić information content (AvgIpc) is 2.68. The smallest absolute Gasteiger partial charge is 0.0616 e. The predicted molar refractivity (Wildman–Crippen MR) is 94.6 cm³/mol. The van der Waals surface area contributed by atoms with Crippen LogP contribution < -0.4 is 0 Å². The largest absolute Gasteiger partial charge is 0.0629 e. The maximum absolute atomic E-state index is 8.42. The lowest BCUT2D eigenvalue weighted by molar-refractivity contribution is 1.66. The number of fused-ring (bicyclic) bond motifs is 2. The van der Waals surface area contributed by atoms with Crippen molar-refractivity contribution in [3.05, 3.63) is 83.2 Å². The summed E-state index contributed by atoms with van der Waals surface area (Å²) in [6.45, 7) is 0. The molecule has 0 aliphatic heterocycles. The first kappa shape index (κ1) is 7.24. The molecule has 0 fully saturated rings. The summed E-state index contributed by atoms with van der Waals surface area (Å²) in [6, 6.07) is 8.75. The molecule has 4 aromatic carbocycles. The van der Waals surface area contributed by atoms with Crippen molar-refractivity contribution in [2.75, 3.05) is 0 Å². The van der Waals surface area contributed by atoms with Crippen molar-refractivity contribution in [2.45, 2.75) is 0 Å². The molecule has 100 valence electrons. The van der Waals surface area contributed by atoms with Gasteiger partial charge in [0.15, 0.2) is 0 Å². The number of hydrogen-bond donors (Lipinski definition) is 0. The van der Waals surface area contributed by atoms with Crippen molar-refractivity contribution in [3.63, 3.8) is 0 Å². The highest BCUT2D eigenvalue weighted by Crippen LogP contribution is 2.31. The summed E-state index contributed by atoms with van der Waals surface area (Å²) in [6.07, 6.45) is 0. The normalized spacial score (nSPS) is 15.8. The molecule has 0 saturated heterocycles. The molecule has 0 saturated carbocycles. The maximum atomic E-state index is 8.42. The van der Waals surface area contributed by atoms with Gasteiger partial charge in [-0.3, -0.25) is 0 Å². The van der Waals surface area contributed by atoms with E-state index in [1.54, 1.807) is 6.07 Å². The van der Waals surface area contributed by atoms with Crippen molar-refractivity contribution in [1.82, 2.24) is 0 Å². The quantitative estimate of drug-likeness (QED) is 0.375. The van der Waals surface area contributed by atoms with Crippen LogP contribution in [0.3, 0.4) is 0 Å². The van der Waals surface area contributed by atoms with Crippen molar-refractivity contribution in [2.24, 2.45) is 0 Å². The summed E-state index contributed by atoms with van der Waals surface area (Å²) in [5.74, 6) is 0. The van der Waals surface area contributed by atoms with Crippen LogP contribution in [0, 0.1) is 0 Å². The van der Waals surface area contributed by atoms with Crippen LogP contribution in [0.4, 0.5) is 0 Å². The van der Waals surface area contributed by atoms with E-state index in [1.807, 2.05) is 30.3 Å². The summed E-state index contributed by atoms with van der Waals surface area (Å²) in [5, 5.41) is 1.95. The number of halogens is 1. The Morgan fingerprint density at radius 3 is 2.43 bits per heavy atom. The molecule has 0 N–H and O–H groups in total. The molecule has 0 aromatic heterocycles. The fourth-order valence-electron chi connectivity index (χ4n) is 2.40. The number of rotatable bonds is 1. The van der Waals surface area contributed by atoms with Gasteiger partial charge in [-0.25, -0.2) is 0 Å². The summed E-state index contributed by atoms with van der Waals surface area (Å²) in [5.41, 5.74) is 0.816. The third kappa shape index (κ3) is 2.24. The molecule has 0 aliphatic rings. The Kier molecular flexibility index (Phi) is 1.73. The molecule has 0 heterocycles. The minimum atomic E-state index is -0.447. The van der Waals surface area contributed by atoms with Crippen LogP contribution in [0.5, 0.6) is 0 Å². The second-order valence-electron chi connectivity index (χ2n) is 4.71. The van der Waals surface area contributed by atoms with Gasteiger partial charge in [0.2, 0.25) is 0 Å². The van der Waals surface area contributed by atoms with E-state index in [0.29, 0.717) is 5.56 Å². The fraction of sp³-hybridized carbons (Fsp3) is 0. The van der Waals surface area contributed by atoms with Gasteiger partial charge in [0, 0.05) is 4.47 Å². The number of hydrogen-bond acceptors (Lipinski definition) is 0. The molecule has 0 unspecified atom stereocenters. The Labute approximate surface area is 142 Å². The van der Waals surface area contributed by atoms with Crippen LogP contribution in [-0.2, 0) is 0 Å². The Morgan fingerprint density at radius 1 is 0.714 bits per heavy atom. The van der Waals surface area contributed by atoms with Crippen LogP contribution in [0.25, 0.3) is 32.7 Å². The highest BCUT2D eigenvalue weighted by Gasteiger charge is 2.04. The van der Waals surface area contributed by atoms with Crippen molar-refractivity contribution >= 4 is 37.5 Å². The van der Waals surface area contributed by atoms with Gasteiger partial charge >= 0.3 is 0 Å². The van der Waals surface area contributed by atoms with E-state index < -0.39 is 12.1 Å². The van der Waals surface area contributed by atoms with E-state index in [-0.39, 0.29) is 46.5 Å². The topological polar surface area (TPSA) is 0 Å². The van der Waals surface area contributed by atoms with Crippen LogP contribution in [-0.4, -0.2) is 0 Å². The van der Waals surface area contributed by atoms with E-state index in [9.17, 15) is 0 Å². The van der Waals surface area contributed by atoms with E-state index >= 15 is 0 Å². The molecule has 0 radical (unpaired) electrons. The molecule has 0 amide bonds. The van der Waals surface area contributed by atoms with Gasteiger partial charge < -0.3 is 0 Å². The van der Waals surface area contributed by atoms with E-state index in [1.165, 1.54) is 0 Å². The van der Waals surface area contributed by atoms with Crippen LogP contribution >= 0.6 is 15.9 Å². The zero-order chi connectivity index (χ0) is 20.3. The zero-order valence-corrected chi connectivity index (χ0v) is 12.4. The van der Waals surface area contributed by atoms with Gasteiger partial charge in [-0.2, -0.15) is 0 Å². The lowest BCUT2D eigenvalue weighted by Crippen LogP contribution is -1.82. The molecule has 0 atom stereocenters. The molecule has 0 aliphatic carbocycles. The average molecular weight is 340 g/mol. The van der Waals surface area contributed by atoms with E-state index in [4.69, 9.17) is 9.60 Å². The Morgan fingerprint density at radius 2 is 1.48 bits per heavy atom. The van der Waals surface area contributed by atoms with Gasteiger partial charge in [0.1, 0.15) is 0 Å². The van der Waals surface area contributed by atoms with Gasteiger partial charge in [0.05, 0.1) is 9.60 Å². The highest BCUT2D eigenvalue weighted by atomic mass is 79.9. The van der Waals surface area contributed by atoms with Gasteiger partial charge in [-0.05, 0) is 50.9 Å². The van der Waals surface area contributed by atoms with Crippen LogP contribution in [0.15, 0.2) is 83.2 Å². The molecule has 4 aromatic rings. The standard InChI is InChI=1S/C20H13Br/c21-18-11-10-15-12-17(9-8-16(15)13-18)20-7-3-5-14-4-1-2-6-19(14)20/h1-13H/i1D,2D,3D,4D,5D,6D,7D. The first-order valence-electron chi connectivity index (χ1n) is 9.92. The van der Waals surface area contributed by atoms with E-state index in [2.05, 4.69) is 15.9 Å². The lowest BCUT2D eigenvalue weighted by atomic mass is 9.96. The Balaban J connectivity index is 2.20. The minimum Gasteiger partial charge on any atom is -0.0616 e. The molecule has 0 nitrogen and oxygen atoms in total. The molecular weight excluding hydrogens is 320 g/mol. The first-order chi connectivity index (χ1) is 13.2. The minimum absolute atomic E-state index is 0.0297. The second kappa shape index (κ2) is 5.01. The molecule has 0 spiro atoms. The molecule has 4 rings (SSSR count). The molecule has 21 heavy (non-hydrogen) atoms. The van der Waals surface area contributed by atoms with Gasteiger partial charge in [-0.15, -0.1) is 0 Å². The molecule has 1 heteroatoms. The number of benzene rings is 4. The molecular formula is C20H13Br. The zero-order valence-electron chi connectivity index (χ0n) is 17.8. The summed E-state index contributed by atoms with van der Waals surface area (Å²) < 4.78 is 58.1. The monoisotopic (exact) mass is 339 g/mol. The van der Waals surface area contributed by atoms with E-state index in [0.717, 1.165) is 15.2 Å². The highest BCUT2D eigenvalue weighted by molar-refractivity contribution is 9.10. The summed E-state index contributed by atoms with van der Waals surface area (Å²) >= 11 is 3.43. The summed E-state index contributed by atoms with van der Waals surface area (Å²) in [4.78, 5) is 0. The first-order valence-corrected chi connectivity index (χ1v) is 7.21. The van der Waals surface area contributed by atoms with Crippen molar-refractivity contribution in [3.8, 4) is 11.1 Å². The van der Waals surface area contributed by atoms with Crippen molar-refractivity contribution < 1.29 is 9.60 Å². The third-order valence-electron chi connectivity index (χ3n) is 3.40. The maximum Gasteiger partial charge on any atom is 0.0629 e. The Bertz CT molecular complexity index is 1290. The van der Waals surface area contributed by atoms with Crippen LogP contribution in [0.2, 0.25) is 0 Å². The fourth-order valence-corrected chi connectivity index (χ4v) is 2.78.